The molecule has 1 saturated heterocycles. The third kappa shape index (κ3) is 5.04. The molecular formula is C23H24ClN3O2. The van der Waals surface area contributed by atoms with E-state index >= 15 is 0 Å². The van der Waals surface area contributed by atoms with Gasteiger partial charge in [0.15, 0.2) is 0 Å². The number of benzene rings is 2. The number of nitrogens with zero attached hydrogens (tertiary/aromatic N) is 3. The minimum Gasteiger partial charge on any atom is -0.342 e. The van der Waals surface area contributed by atoms with E-state index < -0.39 is 0 Å². The van der Waals surface area contributed by atoms with Gasteiger partial charge in [0, 0.05) is 30.1 Å². The predicted octanol–water partition coefficient (Wildman–Crippen LogP) is 4.72. The Hall–Kier alpha value is -2.66. The Morgan fingerprint density at radius 1 is 1.10 bits per heavy atom. The maximum atomic E-state index is 12.6. The first kappa shape index (κ1) is 19.6. The Balaban J connectivity index is 1.28. The van der Waals surface area contributed by atoms with E-state index in [1.54, 1.807) is 0 Å². The van der Waals surface area contributed by atoms with Gasteiger partial charge in [-0.3, -0.25) is 4.79 Å². The van der Waals surface area contributed by atoms with Crippen molar-refractivity contribution in [3.63, 3.8) is 0 Å². The number of hydrogen-bond donors (Lipinski definition) is 0. The first-order chi connectivity index (χ1) is 14.1. The van der Waals surface area contributed by atoms with Gasteiger partial charge in [-0.05, 0) is 55.5 Å². The van der Waals surface area contributed by atoms with E-state index in [9.17, 15) is 4.79 Å². The van der Waals surface area contributed by atoms with E-state index in [1.807, 2.05) is 41.3 Å². The van der Waals surface area contributed by atoms with E-state index in [2.05, 4.69) is 29.2 Å². The normalized spacial score (nSPS) is 14.9. The number of likely N-dealkylation sites (tertiary alicyclic amines) is 1. The monoisotopic (exact) mass is 409 g/mol. The third-order valence-corrected chi connectivity index (χ3v) is 5.73. The van der Waals surface area contributed by atoms with Gasteiger partial charge in [-0.1, -0.05) is 46.6 Å². The van der Waals surface area contributed by atoms with Crippen molar-refractivity contribution in [1.29, 1.82) is 0 Å². The average Bonchev–Trinajstić information content (AvgIpc) is 3.19. The van der Waals surface area contributed by atoms with Gasteiger partial charge in [-0.25, -0.2) is 0 Å². The fourth-order valence-corrected chi connectivity index (χ4v) is 3.81. The van der Waals surface area contributed by atoms with Gasteiger partial charge in [-0.15, -0.1) is 0 Å². The molecule has 0 radical (unpaired) electrons. The summed E-state index contributed by atoms with van der Waals surface area (Å²) in [4.78, 5) is 19.1. The first-order valence-corrected chi connectivity index (χ1v) is 10.4. The van der Waals surface area contributed by atoms with Crippen LogP contribution >= 0.6 is 11.6 Å². The summed E-state index contributed by atoms with van der Waals surface area (Å²) in [6.07, 6.45) is 3.14. The molecule has 1 fully saturated rings. The molecule has 150 valence electrons. The summed E-state index contributed by atoms with van der Waals surface area (Å²) in [6.45, 7) is 3.62. The zero-order valence-electron chi connectivity index (χ0n) is 16.5. The number of rotatable bonds is 5. The highest BCUT2D eigenvalue weighted by Gasteiger charge is 2.24. The lowest BCUT2D eigenvalue weighted by atomic mass is 9.93. The summed E-state index contributed by atoms with van der Waals surface area (Å²) in [7, 11) is 0. The van der Waals surface area contributed by atoms with Crippen LogP contribution in [0.25, 0.3) is 11.4 Å². The average molecular weight is 410 g/mol. The number of aryl methyl sites for hydroxylation is 1. The molecule has 0 saturated carbocycles. The molecule has 29 heavy (non-hydrogen) atoms. The van der Waals surface area contributed by atoms with Gasteiger partial charge in [-0.2, -0.15) is 4.98 Å². The minimum absolute atomic E-state index is 0.204. The maximum Gasteiger partial charge on any atom is 0.227 e. The van der Waals surface area contributed by atoms with Crippen LogP contribution in [-0.4, -0.2) is 34.0 Å². The topological polar surface area (TPSA) is 59.2 Å². The predicted molar refractivity (Wildman–Crippen MR) is 113 cm³/mol. The number of piperidine rings is 1. The summed E-state index contributed by atoms with van der Waals surface area (Å²) >= 11 is 5.93. The third-order valence-electron chi connectivity index (χ3n) is 5.48. The molecule has 0 spiro atoms. The second-order valence-electron chi connectivity index (χ2n) is 7.71. The van der Waals surface area contributed by atoms with Crippen LogP contribution in [-0.2, 0) is 17.6 Å². The SMILES string of the molecule is Cc1ccc(CC(=O)N2CCC(Cc3nc(-c4ccc(Cl)cc4)no3)CC2)cc1. The smallest absolute Gasteiger partial charge is 0.227 e. The highest BCUT2D eigenvalue weighted by Crippen LogP contribution is 2.24. The summed E-state index contributed by atoms with van der Waals surface area (Å²) in [5.74, 6) is 1.90. The standard InChI is InChI=1S/C23H24ClN3O2/c1-16-2-4-17(5-3-16)15-22(28)27-12-10-18(11-13-27)14-21-25-23(26-29-21)19-6-8-20(24)9-7-19/h2-9,18H,10-15H2,1H3. The van der Waals surface area contributed by atoms with Crippen LogP contribution in [0.5, 0.6) is 0 Å². The van der Waals surface area contributed by atoms with E-state index in [0.29, 0.717) is 29.1 Å². The van der Waals surface area contributed by atoms with Crippen LogP contribution < -0.4 is 0 Å². The largest absolute Gasteiger partial charge is 0.342 e. The van der Waals surface area contributed by atoms with Gasteiger partial charge in [0.05, 0.1) is 6.42 Å². The fourth-order valence-electron chi connectivity index (χ4n) is 3.68. The number of carbonyl (C=O) groups is 1. The second-order valence-corrected chi connectivity index (χ2v) is 8.15. The highest BCUT2D eigenvalue weighted by atomic mass is 35.5. The van der Waals surface area contributed by atoms with Crippen molar-refractivity contribution in [3.05, 3.63) is 70.6 Å². The maximum absolute atomic E-state index is 12.6. The quantitative estimate of drug-likeness (QED) is 0.611. The lowest BCUT2D eigenvalue weighted by molar-refractivity contribution is -0.131. The van der Waals surface area contributed by atoms with Crippen molar-refractivity contribution in [2.75, 3.05) is 13.1 Å². The number of carbonyl (C=O) groups excluding carboxylic acids is 1. The summed E-state index contributed by atoms with van der Waals surface area (Å²) in [5, 5.41) is 4.77. The molecular weight excluding hydrogens is 386 g/mol. The number of halogens is 1. The molecule has 2 heterocycles. The lowest BCUT2D eigenvalue weighted by Crippen LogP contribution is -2.39. The van der Waals surface area contributed by atoms with Crippen LogP contribution in [0.15, 0.2) is 53.1 Å². The fraction of sp³-hybridized carbons (Fsp3) is 0.348. The molecule has 1 amide bonds. The lowest BCUT2D eigenvalue weighted by Gasteiger charge is -2.31. The summed E-state index contributed by atoms with van der Waals surface area (Å²) in [5.41, 5.74) is 3.17. The first-order valence-electron chi connectivity index (χ1n) is 9.98. The number of hydrogen-bond acceptors (Lipinski definition) is 4. The van der Waals surface area contributed by atoms with Gasteiger partial charge in [0.2, 0.25) is 17.6 Å². The van der Waals surface area contributed by atoms with Crippen LogP contribution in [0.1, 0.15) is 29.9 Å². The Labute approximate surface area is 175 Å². The summed E-state index contributed by atoms with van der Waals surface area (Å²) in [6, 6.07) is 15.6. The Bertz CT molecular complexity index is 959. The molecule has 1 aliphatic heterocycles. The van der Waals surface area contributed by atoms with Gasteiger partial charge >= 0.3 is 0 Å². The molecule has 1 aliphatic rings. The van der Waals surface area contributed by atoms with E-state index in [4.69, 9.17) is 16.1 Å². The molecule has 6 heteroatoms. The molecule has 0 bridgehead atoms. The molecule has 1 aromatic heterocycles. The van der Waals surface area contributed by atoms with Crippen LogP contribution in [0.3, 0.4) is 0 Å². The van der Waals surface area contributed by atoms with Crippen LogP contribution in [0.2, 0.25) is 5.02 Å². The van der Waals surface area contributed by atoms with E-state index in [0.717, 1.165) is 43.5 Å². The number of amides is 1. The molecule has 0 atom stereocenters. The molecule has 3 aromatic rings. The Morgan fingerprint density at radius 2 is 1.79 bits per heavy atom. The Morgan fingerprint density at radius 3 is 2.48 bits per heavy atom. The minimum atomic E-state index is 0.204. The molecule has 0 N–H and O–H groups in total. The van der Waals surface area contributed by atoms with Crippen LogP contribution in [0, 0.1) is 12.8 Å². The van der Waals surface area contributed by atoms with E-state index in [1.165, 1.54) is 5.56 Å². The van der Waals surface area contributed by atoms with Crippen molar-refractivity contribution in [3.8, 4) is 11.4 Å². The van der Waals surface area contributed by atoms with Gasteiger partial charge in [0.1, 0.15) is 0 Å². The molecule has 5 nitrogen and oxygen atoms in total. The zero-order chi connectivity index (χ0) is 20.2. The van der Waals surface area contributed by atoms with Crippen molar-refractivity contribution in [2.24, 2.45) is 5.92 Å². The second kappa shape index (κ2) is 8.78. The highest BCUT2D eigenvalue weighted by molar-refractivity contribution is 6.30. The molecule has 4 rings (SSSR count). The van der Waals surface area contributed by atoms with Crippen molar-refractivity contribution >= 4 is 17.5 Å². The van der Waals surface area contributed by atoms with Gasteiger partial charge < -0.3 is 9.42 Å². The Kier molecular flexibility index (Phi) is 5.95. The van der Waals surface area contributed by atoms with Crippen molar-refractivity contribution in [2.45, 2.75) is 32.6 Å². The van der Waals surface area contributed by atoms with Crippen LogP contribution in [0.4, 0.5) is 0 Å². The number of aromatic nitrogens is 2. The van der Waals surface area contributed by atoms with Crippen molar-refractivity contribution < 1.29 is 9.32 Å². The summed E-state index contributed by atoms with van der Waals surface area (Å²) < 4.78 is 5.44. The zero-order valence-corrected chi connectivity index (χ0v) is 17.2. The molecule has 2 aromatic carbocycles. The molecule has 0 aliphatic carbocycles. The molecule has 0 unspecified atom stereocenters. The van der Waals surface area contributed by atoms with Crippen molar-refractivity contribution in [1.82, 2.24) is 15.0 Å². The van der Waals surface area contributed by atoms with E-state index in [-0.39, 0.29) is 5.91 Å². The van der Waals surface area contributed by atoms with Gasteiger partial charge in [0.25, 0.3) is 0 Å².